The molecule has 1 atom stereocenters. The minimum Gasteiger partial charge on any atom is -0.354 e. The smallest absolute Gasteiger partial charge is 0.241 e. The molecule has 1 rings (SSSR count). The normalized spacial score (nSPS) is 13.2. The summed E-state index contributed by atoms with van der Waals surface area (Å²) < 4.78 is 37.1. The zero-order valence-electron chi connectivity index (χ0n) is 11.9. The van der Waals surface area contributed by atoms with Crippen molar-refractivity contribution < 1.29 is 17.9 Å². The van der Waals surface area contributed by atoms with Crippen LogP contribution in [0.15, 0.2) is 23.1 Å². The number of nitrogens with one attached hydrogen (secondary N) is 1. The topological polar surface area (TPSA) is 88.4 Å². The van der Waals surface area contributed by atoms with Crippen LogP contribution in [-0.4, -0.2) is 35.0 Å². The molecule has 110 valence electrons. The predicted octanol–water partition coefficient (Wildman–Crippen LogP) is 1.15. The van der Waals surface area contributed by atoms with Crippen molar-refractivity contribution in [1.29, 1.82) is 5.26 Å². The van der Waals surface area contributed by atoms with Gasteiger partial charge in [-0.2, -0.15) is 5.26 Å². The summed E-state index contributed by atoms with van der Waals surface area (Å²) in [5.74, 6) is 0. The van der Waals surface area contributed by atoms with E-state index in [4.69, 9.17) is 14.7 Å². The average Bonchev–Trinajstić information content (AvgIpc) is 2.38. The molecule has 0 aliphatic carbocycles. The molecule has 0 radical (unpaired) electrons. The first-order valence-corrected chi connectivity index (χ1v) is 7.42. The maximum Gasteiger partial charge on any atom is 0.241 e. The Bertz CT molecular complexity index is 603. The third-order valence-electron chi connectivity index (χ3n) is 2.81. The van der Waals surface area contributed by atoms with Crippen LogP contribution >= 0.6 is 0 Å². The summed E-state index contributed by atoms with van der Waals surface area (Å²) in [6.07, 6.45) is -0.677. The molecule has 20 heavy (non-hydrogen) atoms. The second-order valence-corrected chi connectivity index (χ2v) is 6.02. The average molecular weight is 298 g/mol. The molecule has 0 aromatic heterocycles. The Hall–Kier alpha value is -1.46. The first-order chi connectivity index (χ1) is 9.35. The van der Waals surface area contributed by atoms with Gasteiger partial charge in [0.2, 0.25) is 10.0 Å². The van der Waals surface area contributed by atoms with Gasteiger partial charge in [0.25, 0.3) is 0 Å². The number of aryl methyl sites for hydroxylation is 1. The minimum atomic E-state index is -3.70. The molecule has 0 spiro atoms. The van der Waals surface area contributed by atoms with E-state index in [1.165, 1.54) is 32.4 Å². The highest BCUT2D eigenvalue weighted by molar-refractivity contribution is 7.89. The molecule has 0 saturated heterocycles. The fourth-order valence-corrected chi connectivity index (χ4v) is 3.35. The molecule has 0 fully saturated rings. The van der Waals surface area contributed by atoms with Gasteiger partial charge < -0.3 is 9.47 Å². The molecule has 0 aliphatic heterocycles. The number of ether oxygens (including phenoxy) is 2. The van der Waals surface area contributed by atoms with Gasteiger partial charge in [-0.25, -0.2) is 13.1 Å². The Labute approximate surface area is 119 Å². The Kier molecular flexibility index (Phi) is 5.65. The van der Waals surface area contributed by atoms with Crippen molar-refractivity contribution in [1.82, 2.24) is 4.72 Å². The number of nitrogens with zero attached hydrogens (tertiary/aromatic N) is 1. The largest absolute Gasteiger partial charge is 0.354 e. The lowest BCUT2D eigenvalue weighted by molar-refractivity contribution is -0.115. The van der Waals surface area contributed by atoms with Crippen LogP contribution in [0.3, 0.4) is 0 Å². The van der Waals surface area contributed by atoms with Gasteiger partial charge in [-0.15, -0.1) is 0 Å². The Morgan fingerprint density at radius 1 is 1.30 bits per heavy atom. The lowest BCUT2D eigenvalue weighted by Crippen LogP contribution is -2.43. The molecule has 7 heteroatoms. The molecule has 1 unspecified atom stereocenters. The number of benzene rings is 1. The maximum absolute atomic E-state index is 12.3. The molecule has 1 N–H and O–H groups in total. The number of hydrogen-bond acceptors (Lipinski definition) is 5. The van der Waals surface area contributed by atoms with E-state index < -0.39 is 22.4 Å². The second-order valence-electron chi connectivity index (χ2n) is 4.34. The van der Waals surface area contributed by atoms with Crippen molar-refractivity contribution in [3.05, 3.63) is 29.3 Å². The number of rotatable bonds is 6. The van der Waals surface area contributed by atoms with Gasteiger partial charge in [-0.3, -0.25) is 0 Å². The molecular formula is C13H18N2O4S. The number of hydrogen-bond donors (Lipinski definition) is 1. The van der Waals surface area contributed by atoms with E-state index in [9.17, 15) is 8.42 Å². The van der Waals surface area contributed by atoms with E-state index in [1.807, 2.05) is 6.07 Å². The SMILES string of the molecule is COC(OC)C(C)NS(=O)(=O)c1ccc(C#N)cc1C. The second kappa shape index (κ2) is 6.81. The lowest BCUT2D eigenvalue weighted by Gasteiger charge is -2.22. The molecule has 1 aromatic carbocycles. The van der Waals surface area contributed by atoms with Crippen molar-refractivity contribution in [2.75, 3.05) is 14.2 Å². The first kappa shape index (κ1) is 16.6. The molecule has 6 nitrogen and oxygen atoms in total. The number of nitriles is 1. The van der Waals surface area contributed by atoms with E-state index in [0.717, 1.165) is 0 Å². The summed E-state index contributed by atoms with van der Waals surface area (Å²) in [5.41, 5.74) is 0.927. The van der Waals surface area contributed by atoms with Gasteiger partial charge in [0.15, 0.2) is 6.29 Å². The van der Waals surface area contributed by atoms with Gasteiger partial charge in [0, 0.05) is 14.2 Å². The lowest BCUT2D eigenvalue weighted by atomic mass is 10.2. The van der Waals surface area contributed by atoms with Crippen LogP contribution in [0.25, 0.3) is 0 Å². The minimum absolute atomic E-state index is 0.134. The van der Waals surface area contributed by atoms with Crippen LogP contribution < -0.4 is 4.72 Å². The quantitative estimate of drug-likeness (QED) is 0.796. The van der Waals surface area contributed by atoms with Gasteiger partial charge in [0.1, 0.15) is 0 Å². The highest BCUT2D eigenvalue weighted by atomic mass is 32.2. The molecule has 0 saturated carbocycles. The van der Waals surface area contributed by atoms with E-state index >= 15 is 0 Å². The molecule has 0 bridgehead atoms. The third-order valence-corrected chi connectivity index (χ3v) is 4.53. The zero-order chi connectivity index (χ0) is 15.3. The van der Waals surface area contributed by atoms with Crippen molar-refractivity contribution in [2.24, 2.45) is 0 Å². The molecule has 0 aliphatic rings. The summed E-state index contributed by atoms with van der Waals surface area (Å²) in [7, 11) is -0.827. The van der Waals surface area contributed by atoms with E-state index in [1.54, 1.807) is 13.8 Å². The summed E-state index contributed by atoms with van der Waals surface area (Å²) in [5, 5.41) is 8.79. The van der Waals surface area contributed by atoms with Gasteiger partial charge >= 0.3 is 0 Å². The van der Waals surface area contributed by atoms with Crippen molar-refractivity contribution >= 4 is 10.0 Å². The van der Waals surface area contributed by atoms with E-state index in [-0.39, 0.29) is 4.90 Å². The Morgan fingerprint density at radius 2 is 1.90 bits per heavy atom. The van der Waals surface area contributed by atoms with Gasteiger partial charge in [0.05, 0.1) is 22.6 Å². The van der Waals surface area contributed by atoms with Crippen LogP contribution in [0.2, 0.25) is 0 Å². The summed E-state index contributed by atoms with van der Waals surface area (Å²) >= 11 is 0. The van der Waals surface area contributed by atoms with Crippen LogP contribution in [-0.2, 0) is 19.5 Å². The van der Waals surface area contributed by atoms with Crippen LogP contribution in [0, 0.1) is 18.3 Å². The fourth-order valence-electron chi connectivity index (χ4n) is 1.89. The Balaban J connectivity index is 3.03. The van der Waals surface area contributed by atoms with Gasteiger partial charge in [-0.1, -0.05) is 0 Å². The number of methoxy groups -OCH3 is 2. The highest BCUT2D eigenvalue weighted by Crippen LogP contribution is 2.17. The maximum atomic E-state index is 12.3. The van der Waals surface area contributed by atoms with Crippen molar-refractivity contribution in [2.45, 2.75) is 31.1 Å². The van der Waals surface area contributed by atoms with Crippen LogP contribution in [0.5, 0.6) is 0 Å². The van der Waals surface area contributed by atoms with Crippen molar-refractivity contribution in [3.8, 4) is 6.07 Å². The van der Waals surface area contributed by atoms with Gasteiger partial charge in [-0.05, 0) is 37.6 Å². The standard InChI is InChI=1S/C13H18N2O4S/c1-9-7-11(8-14)5-6-12(9)20(16,17)15-10(2)13(18-3)19-4/h5-7,10,13,15H,1-4H3. The molecule has 0 amide bonds. The van der Waals surface area contributed by atoms with E-state index in [0.29, 0.717) is 11.1 Å². The number of sulfonamides is 1. The summed E-state index contributed by atoms with van der Waals surface area (Å²) in [4.78, 5) is 0.134. The van der Waals surface area contributed by atoms with E-state index in [2.05, 4.69) is 4.72 Å². The zero-order valence-corrected chi connectivity index (χ0v) is 12.7. The highest BCUT2D eigenvalue weighted by Gasteiger charge is 2.24. The third kappa shape index (κ3) is 3.77. The molecular weight excluding hydrogens is 280 g/mol. The van der Waals surface area contributed by atoms with Crippen LogP contribution in [0.4, 0.5) is 0 Å². The first-order valence-electron chi connectivity index (χ1n) is 5.94. The summed E-state index contributed by atoms with van der Waals surface area (Å²) in [6.45, 7) is 3.29. The van der Waals surface area contributed by atoms with Crippen LogP contribution in [0.1, 0.15) is 18.1 Å². The predicted molar refractivity (Wildman–Crippen MR) is 73.5 cm³/mol. The molecule has 1 aromatic rings. The molecule has 0 heterocycles. The fraction of sp³-hybridized carbons (Fsp3) is 0.462. The van der Waals surface area contributed by atoms with Crippen molar-refractivity contribution in [3.63, 3.8) is 0 Å². The monoisotopic (exact) mass is 298 g/mol. The summed E-state index contributed by atoms with van der Waals surface area (Å²) in [6, 6.07) is 5.83. The Morgan fingerprint density at radius 3 is 2.35 bits per heavy atom.